The molecule has 0 spiro atoms. The largest absolute Gasteiger partial charge is 0.289 e. The average Bonchev–Trinajstić information content (AvgIpc) is 2.93. The summed E-state index contributed by atoms with van der Waals surface area (Å²) in [5.41, 5.74) is 4.70. The lowest BCUT2D eigenvalue weighted by atomic mass is 10.1. The van der Waals surface area contributed by atoms with Crippen LogP contribution in [0.25, 0.3) is 11.1 Å². The number of nitro groups is 1. The highest BCUT2D eigenvalue weighted by Gasteiger charge is 2.26. The van der Waals surface area contributed by atoms with Crippen LogP contribution in [0.4, 0.5) is 11.4 Å². The minimum atomic E-state index is -0.440. The minimum absolute atomic E-state index is 0.0120. The summed E-state index contributed by atoms with van der Waals surface area (Å²) in [5, 5.41) is 10.7. The number of hydrogen-bond acceptors (Lipinski definition) is 4. The molecule has 1 aliphatic carbocycles. The van der Waals surface area contributed by atoms with Gasteiger partial charge in [0.1, 0.15) is 0 Å². The molecule has 0 radical (unpaired) electrons. The van der Waals surface area contributed by atoms with E-state index in [2.05, 4.69) is 4.99 Å². The van der Waals surface area contributed by atoms with Gasteiger partial charge in [-0.15, -0.1) is 0 Å². The van der Waals surface area contributed by atoms with Crippen molar-refractivity contribution in [1.29, 1.82) is 0 Å². The Kier molecular flexibility index (Phi) is 3.47. The molecular formula is C20H12N2O3. The summed E-state index contributed by atoms with van der Waals surface area (Å²) < 4.78 is 0. The predicted octanol–water partition coefficient (Wildman–Crippen LogP) is 4.56. The molecule has 0 N–H and O–H groups in total. The highest BCUT2D eigenvalue weighted by molar-refractivity contribution is 6.22. The summed E-state index contributed by atoms with van der Waals surface area (Å²) in [7, 11) is 0. The molecule has 25 heavy (non-hydrogen) atoms. The molecule has 0 aliphatic heterocycles. The van der Waals surface area contributed by atoms with Gasteiger partial charge in [-0.2, -0.15) is 0 Å². The fourth-order valence-corrected chi connectivity index (χ4v) is 2.93. The molecule has 5 nitrogen and oxygen atoms in total. The van der Waals surface area contributed by atoms with Crippen molar-refractivity contribution in [3.63, 3.8) is 0 Å². The SMILES string of the molecule is O=C1c2ccccc2-c2ccc(N=Cc3ccc([N+](=O)[O-])cc3)cc21. The Hall–Kier alpha value is -3.60. The van der Waals surface area contributed by atoms with Crippen molar-refractivity contribution in [3.05, 3.63) is 93.5 Å². The van der Waals surface area contributed by atoms with Gasteiger partial charge in [-0.3, -0.25) is 19.9 Å². The summed E-state index contributed by atoms with van der Waals surface area (Å²) in [6.07, 6.45) is 1.62. The van der Waals surface area contributed by atoms with E-state index in [4.69, 9.17) is 0 Å². The van der Waals surface area contributed by atoms with Crippen LogP contribution in [0.3, 0.4) is 0 Å². The maximum absolute atomic E-state index is 12.5. The molecule has 0 fully saturated rings. The van der Waals surface area contributed by atoms with Gasteiger partial charge >= 0.3 is 0 Å². The molecule has 1 aliphatic rings. The van der Waals surface area contributed by atoms with E-state index in [-0.39, 0.29) is 11.5 Å². The third-order valence-electron chi connectivity index (χ3n) is 4.18. The number of aliphatic imine (C=N–C) groups is 1. The Balaban J connectivity index is 1.63. The number of carbonyl (C=O) groups is 1. The van der Waals surface area contributed by atoms with Crippen molar-refractivity contribution >= 4 is 23.4 Å². The Morgan fingerprint density at radius 3 is 2.24 bits per heavy atom. The van der Waals surface area contributed by atoms with Crippen LogP contribution in [-0.2, 0) is 0 Å². The Morgan fingerprint density at radius 1 is 0.840 bits per heavy atom. The normalized spacial score (nSPS) is 12.2. The molecule has 0 heterocycles. The van der Waals surface area contributed by atoms with Crippen LogP contribution >= 0.6 is 0 Å². The first-order chi connectivity index (χ1) is 12.1. The number of carbonyl (C=O) groups excluding carboxylic acids is 1. The fraction of sp³-hybridized carbons (Fsp3) is 0. The van der Waals surface area contributed by atoms with Gasteiger partial charge in [-0.1, -0.05) is 30.3 Å². The molecule has 0 unspecified atom stereocenters. The monoisotopic (exact) mass is 328 g/mol. The van der Waals surface area contributed by atoms with E-state index in [1.165, 1.54) is 12.1 Å². The number of ketones is 1. The fourth-order valence-electron chi connectivity index (χ4n) is 2.93. The van der Waals surface area contributed by atoms with Gasteiger partial charge in [0.15, 0.2) is 5.78 Å². The summed E-state index contributed by atoms with van der Waals surface area (Å²) >= 11 is 0. The molecule has 0 atom stereocenters. The lowest BCUT2D eigenvalue weighted by molar-refractivity contribution is -0.384. The molecule has 0 saturated carbocycles. The molecule has 0 saturated heterocycles. The number of rotatable bonds is 3. The third-order valence-corrected chi connectivity index (χ3v) is 4.18. The van der Waals surface area contributed by atoms with Crippen LogP contribution in [0.2, 0.25) is 0 Å². The maximum atomic E-state index is 12.5. The van der Waals surface area contributed by atoms with Crippen molar-refractivity contribution < 1.29 is 9.72 Å². The average molecular weight is 328 g/mol. The van der Waals surface area contributed by atoms with E-state index >= 15 is 0 Å². The number of benzene rings is 3. The molecule has 0 amide bonds. The van der Waals surface area contributed by atoms with Crippen molar-refractivity contribution in [1.82, 2.24) is 0 Å². The van der Waals surface area contributed by atoms with Gasteiger partial charge < -0.3 is 0 Å². The topological polar surface area (TPSA) is 72.6 Å². The first-order valence-corrected chi connectivity index (χ1v) is 7.70. The Bertz CT molecular complexity index is 1040. The van der Waals surface area contributed by atoms with Crippen LogP contribution in [0.15, 0.2) is 71.7 Å². The Morgan fingerprint density at radius 2 is 1.52 bits per heavy atom. The second-order valence-corrected chi connectivity index (χ2v) is 5.71. The molecule has 120 valence electrons. The second-order valence-electron chi connectivity index (χ2n) is 5.71. The number of non-ortho nitro benzene ring substituents is 1. The first kappa shape index (κ1) is 15.0. The molecule has 4 rings (SSSR count). The minimum Gasteiger partial charge on any atom is -0.289 e. The van der Waals surface area contributed by atoms with E-state index in [9.17, 15) is 14.9 Å². The number of nitrogens with zero attached hydrogens (tertiary/aromatic N) is 2. The zero-order chi connectivity index (χ0) is 17.4. The van der Waals surface area contributed by atoms with E-state index in [1.54, 1.807) is 24.4 Å². The summed E-state index contributed by atoms with van der Waals surface area (Å²) in [4.78, 5) is 27.1. The van der Waals surface area contributed by atoms with Crippen LogP contribution in [0.1, 0.15) is 21.5 Å². The summed E-state index contributed by atoms with van der Waals surface area (Å²) in [5.74, 6) is 0.0120. The van der Waals surface area contributed by atoms with Gasteiger partial charge in [0.05, 0.1) is 10.6 Å². The predicted molar refractivity (Wildman–Crippen MR) is 95.7 cm³/mol. The standard InChI is InChI=1S/C20H12N2O3/c23-20-18-4-2-1-3-16(18)17-10-7-14(11-19(17)20)21-12-13-5-8-15(9-6-13)22(24)25/h1-12H. The second kappa shape index (κ2) is 5.79. The van der Waals surface area contributed by atoms with E-state index in [0.717, 1.165) is 16.7 Å². The lowest BCUT2D eigenvalue weighted by Crippen LogP contribution is -1.94. The molecule has 3 aromatic carbocycles. The summed E-state index contributed by atoms with van der Waals surface area (Å²) in [6.45, 7) is 0. The summed E-state index contributed by atoms with van der Waals surface area (Å²) in [6, 6.07) is 19.2. The maximum Gasteiger partial charge on any atom is 0.269 e. The van der Waals surface area contributed by atoms with Crippen LogP contribution in [0, 0.1) is 10.1 Å². The van der Waals surface area contributed by atoms with Crippen molar-refractivity contribution in [3.8, 4) is 11.1 Å². The highest BCUT2D eigenvalue weighted by atomic mass is 16.6. The quantitative estimate of drug-likeness (QED) is 0.314. The lowest BCUT2D eigenvalue weighted by Gasteiger charge is -2.00. The van der Waals surface area contributed by atoms with Crippen molar-refractivity contribution in [2.24, 2.45) is 4.99 Å². The number of fused-ring (bicyclic) bond motifs is 3. The van der Waals surface area contributed by atoms with E-state index in [0.29, 0.717) is 16.8 Å². The van der Waals surface area contributed by atoms with Gasteiger partial charge in [-0.25, -0.2) is 0 Å². The smallest absolute Gasteiger partial charge is 0.269 e. The molecule has 3 aromatic rings. The van der Waals surface area contributed by atoms with E-state index < -0.39 is 4.92 Å². The van der Waals surface area contributed by atoms with Gasteiger partial charge in [0.2, 0.25) is 0 Å². The van der Waals surface area contributed by atoms with E-state index in [1.807, 2.05) is 36.4 Å². The number of hydrogen-bond donors (Lipinski definition) is 0. The van der Waals surface area contributed by atoms with Crippen LogP contribution < -0.4 is 0 Å². The van der Waals surface area contributed by atoms with Gasteiger partial charge in [0, 0.05) is 29.5 Å². The molecule has 0 bridgehead atoms. The highest BCUT2D eigenvalue weighted by Crippen LogP contribution is 2.38. The van der Waals surface area contributed by atoms with Crippen molar-refractivity contribution in [2.75, 3.05) is 0 Å². The van der Waals surface area contributed by atoms with Crippen LogP contribution in [0.5, 0.6) is 0 Å². The molecule has 5 heteroatoms. The Labute approximate surface area is 143 Å². The van der Waals surface area contributed by atoms with Crippen LogP contribution in [-0.4, -0.2) is 16.9 Å². The molecule has 0 aromatic heterocycles. The third kappa shape index (κ3) is 2.61. The zero-order valence-corrected chi connectivity index (χ0v) is 13.0. The number of nitro benzene ring substituents is 1. The van der Waals surface area contributed by atoms with Gasteiger partial charge in [-0.05, 0) is 41.0 Å². The zero-order valence-electron chi connectivity index (χ0n) is 13.0. The first-order valence-electron chi connectivity index (χ1n) is 7.70. The van der Waals surface area contributed by atoms with Crippen molar-refractivity contribution in [2.45, 2.75) is 0 Å². The van der Waals surface area contributed by atoms with Gasteiger partial charge in [0.25, 0.3) is 5.69 Å². The molecular weight excluding hydrogens is 316 g/mol.